The molecule has 78 valence electrons. The van der Waals surface area contributed by atoms with Crippen LogP contribution in [0.15, 0.2) is 17.5 Å². The molecule has 1 saturated carbocycles. The van der Waals surface area contributed by atoms with Crippen molar-refractivity contribution in [2.24, 2.45) is 5.92 Å². The highest BCUT2D eigenvalue weighted by molar-refractivity contribution is 7.10. The van der Waals surface area contributed by atoms with Crippen molar-refractivity contribution >= 4 is 11.3 Å². The van der Waals surface area contributed by atoms with Crippen molar-refractivity contribution in [1.29, 1.82) is 0 Å². The van der Waals surface area contributed by atoms with E-state index in [0.29, 0.717) is 12.6 Å². The summed E-state index contributed by atoms with van der Waals surface area (Å²) >= 11 is 1.81. The van der Waals surface area contributed by atoms with E-state index in [2.05, 4.69) is 22.8 Å². The van der Waals surface area contributed by atoms with E-state index in [1.807, 2.05) is 6.92 Å². The first-order chi connectivity index (χ1) is 6.77. The molecule has 0 spiro atoms. The number of aliphatic hydroxyl groups is 1. The lowest BCUT2D eigenvalue weighted by Crippen LogP contribution is -2.29. The number of thiophene rings is 1. The van der Waals surface area contributed by atoms with E-state index in [1.54, 1.807) is 11.3 Å². The summed E-state index contributed by atoms with van der Waals surface area (Å²) in [7, 11) is 0. The summed E-state index contributed by atoms with van der Waals surface area (Å²) < 4.78 is 0. The molecule has 1 fully saturated rings. The van der Waals surface area contributed by atoms with Crippen LogP contribution >= 0.6 is 11.3 Å². The first-order valence-electron chi connectivity index (χ1n) is 5.22. The summed E-state index contributed by atoms with van der Waals surface area (Å²) in [5, 5.41) is 14.8. The van der Waals surface area contributed by atoms with Crippen molar-refractivity contribution in [3.63, 3.8) is 0 Å². The third kappa shape index (κ3) is 2.56. The Kier molecular flexibility index (Phi) is 3.21. The zero-order valence-electron chi connectivity index (χ0n) is 8.44. The first kappa shape index (κ1) is 10.1. The van der Waals surface area contributed by atoms with E-state index in [1.165, 1.54) is 17.7 Å². The lowest BCUT2D eigenvalue weighted by atomic mass is 10.1. The summed E-state index contributed by atoms with van der Waals surface area (Å²) in [5.41, 5.74) is 0. The van der Waals surface area contributed by atoms with Gasteiger partial charge in [-0.25, -0.2) is 0 Å². The largest absolute Gasteiger partial charge is 0.392 e. The minimum Gasteiger partial charge on any atom is -0.392 e. The SMILES string of the molecule is C[C@H](O)CNC(c1cccs1)C1CC1. The Balaban J connectivity index is 1.94. The Morgan fingerprint density at radius 1 is 1.64 bits per heavy atom. The number of hydrogen-bond acceptors (Lipinski definition) is 3. The molecule has 1 aliphatic carbocycles. The van der Waals surface area contributed by atoms with E-state index in [9.17, 15) is 5.11 Å². The van der Waals surface area contributed by atoms with Gasteiger partial charge in [0.1, 0.15) is 0 Å². The molecule has 0 aromatic carbocycles. The Morgan fingerprint density at radius 2 is 2.43 bits per heavy atom. The molecule has 2 nitrogen and oxygen atoms in total. The summed E-state index contributed by atoms with van der Waals surface area (Å²) in [5.74, 6) is 0.799. The van der Waals surface area contributed by atoms with Crippen LogP contribution < -0.4 is 5.32 Å². The zero-order chi connectivity index (χ0) is 9.97. The Bertz CT molecular complexity index is 267. The molecule has 0 bridgehead atoms. The molecule has 0 saturated heterocycles. The summed E-state index contributed by atoms with van der Waals surface area (Å²) in [6.07, 6.45) is 2.40. The second kappa shape index (κ2) is 4.43. The molecule has 2 atom stereocenters. The van der Waals surface area contributed by atoms with Crippen LogP contribution in [0.5, 0.6) is 0 Å². The van der Waals surface area contributed by atoms with Crippen LogP contribution in [0, 0.1) is 5.92 Å². The third-order valence-electron chi connectivity index (χ3n) is 2.58. The van der Waals surface area contributed by atoms with Crippen molar-refractivity contribution in [2.75, 3.05) is 6.54 Å². The first-order valence-corrected chi connectivity index (χ1v) is 6.10. The van der Waals surface area contributed by atoms with Gasteiger partial charge in [-0.1, -0.05) is 6.07 Å². The lowest BCUT2D eigenvalue weighted by Gasteiger charge is -2.17. The van der Waals surface area contributed by atoms with Crippen molar-refractivity contribution in [3.8, 4) is 0 Å². The molecule has 3 heteroatoms. The van der Waals surface area contributed by atoms with Crippen LogP contribution in [0.4, 0.5) is 0 Å². The molecular weight excluding hydrogens is 194 g/mol. The van der Waals surface area contributed by atoms with Crippen LogP contribution in [0.2, 0.25) is 0 Å². The maximum Gasteiger partial charge on any atom is 0.0636 e. The second-order valence-electron chi connectivity index (χ2n) is 4.09. The minimum absolute atomic E-state index is 0.254. The van der Waals surface area contributed by atoms with Gasteiger partial charge in [0.15, 0.2) is 0 Å². The van der Waals surface area contributed by atoms with Crippen molar-refractivity contribution < 1.29 is 5.11 Å². The minimum atomic E-state index is -0.254. The Labute approximate surface area is 89.0 Å². The highest BCUT2D eigenvalue weighted by atomic mass is 32.1. The van der Waals surface area contributed by atoms with Crippen LogP contribution in [-0.2, 0) is 0 Å². The highest BCUT2D eigenvalue weighted by Gasteiger charge is 2.32. The predicted octanol–water partition coefficient (Wildman–Crippen LogP) is 2.17. The maximum absolute atomic E-state index is 9.24. The molecule has 1 heterocycles. The van der Waals surface area contributed by atoms with Gasteiger partial charge in [-0.05, 0) is 37.1 Å². The van der Waals surface area contributed by atoms with Gasteiger partial charge in [0.25, 0.3) is 0 Å². The molecular formula is C11H17NOS. The maximum atomic E-state index is 9.24. The summed E-state index contributed by atoms with van der Waals surface area (Å²) in [4.78, 5) is 1.41. The number of nitrogens with one attached hydrogen (secondary N) is 1. The van der Waals surface area contributed by atoms with E-state index in [4.69, 9.17) is 0 Å². The fourth-order valence-corrected chi connectivity index (χ4v) is 2.59. The monoisotopic (exact) mass is 211 g/mol. The van der Waals surface area contributed by atoms with Gasteiger partial charge in [-0.3, -0.25) is 0 Å². The van der Waals surface area contributed by atoms with E-state index < -0.39 is 0 Å². The molecule has 2 N–H and O–H groups in total. The van der Waals surface area contributed by atoms with Gasteiger partial charge in [0.05, 0.1) is 6.10 Å². The van der Waals surface area contributed by atoms with Crippen molar-refractivity contribution in [3.05, 3.63) is 22.4 Å². The van der Waals surface area contributed by atoms with Gasteiger partial charge >= 0.3 is 0 Å². The van der Waals surface area contributed by atoms with E-state index in [-0.39, 0.29) is 6.10 Å². The lowest BCUT2D eigenvalue weighted by molar-refractivity contribution is 0.184. The number of rotatable bonds is 5. The van der Waals surface area contributed by atoms with Gasteiger partial charge in [-0.15, -0.1) is 11.3 Å². The number of hydrogen-bond donors (Lipinski definition) is 2. The van der Waals surface area contributed by atoms with Crippen molar-refractivity contribution in [1.82, 2.24) is 5.32 Å². The Hall–Kier alpha value is -0.380. The summed E-state index contributed by atoms with van der Waals surface area (Å²) in [6, 6.07) is 4.76. The van der Waals surface area contributed by atoms with Crippen LogP contribution in [0.25, 0.3) is 0 Å². The summed E-state index contributed by atoms with van der Waals surface area (Å²) in [6.45, 7) is 2.52. The van der Waals surface area contributed by atoms with Crippen molar-refractivity contribution in [2.45, 2.75) is 31.9 Å². The molecule has 0 aliphatic heterocycles. The fourth-order valence-electron chi connectivity index (χ4n) is 1.69. The molecule has 1 unspecified atom stereocenters. The predicted molar refractivity (Wildman–Crippen MR) is 59.5 cm³/mol. The zero-order valence-corrected chi connectivity index (χ0v) is 9.26. The number of aliphatic hydroxyl groups excluding tert-OH is 1. The average Bonchev–Trinajstić information content (AvgIpc) is 2.81. The molecule has 0 amide bonds. The molecule has 1 aromatic rings. The topological polar surface area (TPSA) is 32.3 Å². The van der Waals surface area contributed by atoms with Gasteiger partial charge in [-0.2, -0.15) is 0 Å². The van der Waals surface area contributed by atoms with Gasteiger partial charge < -0.3 is 10.4 Å². The smallest absolute Gasteiger partial charge is 0.0636 e. The molecule has 0 radical (unpaired) electrons. The second-order valence-corrected chi connectivity index (χ2v) is 5.07. The fraction of sp³-hybridized carbons (Fsp3) is 0.636. The third-order valence-corrected chi connectivity index (χ3v) is 3.53. The normalized spacial score (nSPS) is 20.7. The van der Waals surface area contributed by atoms with Crippen LogP contribution in [0.1, 0.15) is 30.7 Å². The van der Waals surface area contributed by atoms with E-state index >= 15 is 0 Å². The Morgan fingerprint density at radius 3 is 2.93 bits per heavy atom. The van der Waals surface area contributed by atoms with Crippen LogP contribution in [-0.4, -0.2) is 17.8 Å². The molecule has 1 aliphatic rings. The average molecular weight is 211 g/mol. The van der Waals surface area contributed by atoms with Gasteiger partial charge in [0, 0.05) is 17.5 Å². The van der Waals surface area contributed by atoms with Gasteiger partial charge in [0.2, 0.25) is 0 Å². The quantitative estimate of drug-likeness (QED) is 0.782. The molecule has 2 rings (SSSR count). The standard InChI is InChI=1S/C11H17NOS/c1-8(13)7-12-11(9-4-5-9)10-3-2-6-14-10/h2-3,6,8-9,11-13H,4-5,7H2,1H3/t8-,11?/m0/s1. The van der Waals surface area contributed by atoms with E-state index in [0.717, 1.165) is 5.92 Å². The molecule has 14 heavy (non-hydrogen) atoms. The van der Waals surface area contributed by atoms with Crippen LogP contribution in [0.3, 0.4) is 0 Å². The molecule has 1 aromatic heterocycles. The highest BCUT2D eigenvalue weighted by Crippen LogP contribution is 2.42.